The van der Waals surface area contributed by atoms with Gasteiger partial charge in [0, 0.05) is 19.1 Å². The number of amides is 2. The van der Waals surface area contributed by atoms with Gasteiger partial charge in [0.05, 0.1) is 18.8 Å². The number of likely N-dealkylation sites (tertiary alicyclic amines) is 1. The summed E-state index contributed by atoms with van der Waals surface area (Å²) in [6.07, 6.45) is 9.95. The highest BCUT2D eigenvalue weighted by molar-refractivity contribution is 5.74. The Hall–Kier alpha value is -1.63. The average molecular weight is 335 g/mol. The van der Waals surface area contributed by atoms with E-state index in [-0.39, 0.29) is 24.7 Å². The Labute approximate surface area is 143 Å². The quantitative estimate of drug-likeness (QED) is 0.882. The minimum Gasteiger partial charge on any atom is -0.390 e. The summed E-state index contributed by atoms with van der Waals surface area (Å²) in [7, 11) is 0. The summed E-state index contributed by atoms with van der Waals surface area (Å²) in [5, 5.41) is 20.3. The van der Waals surface area contributed by atoms with Gasteiger partial charge in [-0.05, 0) is 38.5 Å². The summed E-state index contributed by atoms with van der Waals surface area (Å²) in [6.45, 7) is 3.54. The van der Waals surface area contributed by atoms with Crippen LogP contribution in [0, 0.1) is 5.92 Å². The number of aromatic nitrogens is 3. The molecule has 0 bridgehead atoms. The Kier molecular flexibility index (Phi) is 5.71. The Bertz CT molecular complexity index is 533. The molecule has 2 fully saturated rings. The number of rotatable bonds is 4. The van der Waals surface area contributed by atoms with Crippen LogP contribution in [0.15, 0.2) is 6.20 Å². The lowest BCUT2D eigenvalue weighted by atomic mass is 9.84. The number of nitrogens with zero attached hydrogens (tertiary/aromatic N) is 4. The number of carbonyl (C=O) groups excluding carboxylic acids is 1. The van der Waals surface area contributed by atoms with Gasteiger partial charge in [-0.25, -0.2) is 9.48 Å². The molecule has 1 aliphatic carbocycles. The van der Waals surface area contributed by atoms with Crippen molar-refractivity contribution in [3.8, 4) is 0 Å². The number of piperidine rings is 1. The Balaban J connectivity index is 1.46. The minimum atomic E-state index is -0.0830. The second-order valence-corrected chi connectivity index (χ2v) is 7.20. The van der Waals surface area contributed by atoms with Crippen LogP contribution < -0.4 is 5.32 Å². The van der Waals surface area contributed by atoms with Crippen molar-refractivity contribution in [3.63, 3.8) is 0 Å². The number of aliphatic hydroxyl groups is 1. The van der Waals surface area contributed by atoms with Crippen molar-refractivity contribution in [2.75, 3.05) is 13.1 Å². The largest absolute Gasteiger partial charge is 0.390 e. The molecular formula is C17H29N5O2. The highest BCUT2D eigenvalue weighted by Gasteiger charge is 2.27. The molecule has 1 aliphatic heterocycles. The van der Waals surface area contributed by atoms with E-state index in [1.165, 1.54) is 32.1 Å². The summed E-state index contributed by atoms with van der Waals surface area (Å²) >= 11 is 0. The van der Waals surface area contributed by atoms with Crippen molar-refractivity contribution in [1.82, 2.24) is 25.2 Å². The molecule has 7 heteroatoms. The molecule has 2 aliphatic rings. The van der Waals surface area contributed by atoms with Crippen LogP contribution in [0.25, 0.3) is 0 Å². The molecular weight excluding hydrogens is 306 g/mol. The van der Waals surface area contributed by atoms with E-state index in [4.69, 9.17) is 5.11 Å². The molecule has 7 nitrogen and oxygen atoms in total. The zero-order chi connectivity index (χ0) is 16.9. The second-order valence-electron chi connectivity index (χ2n) is 7.20. The highest BCUT2D eigenvalue weighted by atomic mass is 16.3. The number of aliphatic hydroxyl groups excluding tert-OH is 1. The average Bonchev–Trinajstić information content (AvgIpc) is 3.11. The van der Waals surface area contributed by atoms with Crippen molar-refractivity contribution in [2.24, 2.45) is 5.92 Å². The summed E-state index contributed by atoms with van der Waals surface area (Å²) < 4.78 is 1.82. The topological polar surface area (TPSA) is 83.3 Å². The first-order chi connectivity index (χ1) is 11.7. The maximum Gasteiger partial charge on any atom is 0.317 e. The number of hydrogen-bond acceptors (Lipinski definition) is 4. The summed E-state index contributed by atoms with van der Waals surface area (Å²) in [4.78, 5) is 14.4. The highest BCUT2D eigenvalue weighted by Crippen LogP contribution is 2.27. The van der Waals surface area contributed by atoms with Gasteiger partial charge in [-0.1, -0.05) is 24.5 Å². The molecule has 0 aromatic carbocycles. The third-order valence-corrected chi connectivity index (χ3v) is 5.55. The van der Waals surface area contributed by atoms with Crippen LogP contribution >= 0.6 is 0 Å². The van der Waals surface area contributed by atoms with E-state index < -0.39 is 0 Å². The molecule has 1 saturated heterocycles. The van der Waals surface area contributed by atoms with E-state index >= 15 is 0 Å². The van der Waals surface area contributed by atoms with Crippen LogP contribution in [0.2, 0.25) is 0 Å². The van der Waals surface area contributed by atoms with E-state index in [1.807, 2.05) is 9.58 Å². The molecule has 1 aromatic heterocycles. The minimum absolute atomic E-state index is 0.0705. The number of carbonyl (C=O) groups is 1. The predicted octanol–water partition coefficient (Wildman–Crippen LogP) is 2.09. The lowest BCUT2D eigenvalue weighted by Gasteiger charge is -2.34. The number of urea groups is 1. The number of hydrogen-bond donors (Lipinski definition) is 2. The Morgan fingerprint density at radius 2 is 2.00 bits per heavy atom. The third kappa shape index (κ3) is 4.06. The Morgan fingerprint density at radius 1 is 1.29 bits per heavy atom. The van der Waals surface area contributed by atoms with Gasteiger partial charge in [0.25, 0.3) is 0 Å². The van der Waals surface area contributed by atoms with Crippen molar-refractivity contribution in [3.05, 3.63) is 11.9 Å². The van der Waals surface area contributed by atoms with Gasteiger partial charge in [0.15, 0.2) is 0 Å². The maximum atomic E-state index is 12.5. The molecule has 1 saturated carbocycles. The molecule has 134 valence electrons. The first kappa shape index (κ1) is 17.2. The molecule has 2 N–H and O–H groups in total. The monoisotopic (exact) mass is 335 g/mol. The fourth-order valence-electron chi connectivity index (χ4n) is 3.94. The fourth-order valence-corrected chi connectivity index (χ4v) is 3.94. The van der Waals surface area contributed by atoms with Crippen LogP contribution in [0.4, 0.5) is 4.79 Å². The van der Waals surface area contributed by atoms with Gasteiger partial charge in [-0.2, -0.15) is 0 Å². The fraction of sp³-hybridized carbons (Fsp3) is 0.824. The number of nitrogens with one attached hydrogen (secondary N) is 1. The van der Waals surface area contributed by atoms with Crippen LogP contribution in [0.3, 0.4) is 0 Å². The van der Waals surface area contributed by atoms with Crippen molar-refractivity contribution in [2.45, 2.75) is 70.6 Å². The van der Waals surface area contributed by atoms with Gasteiger partial charge in [0.1, 0.15) is 5.69 Å². The van der Waals surface area contributed by atoms with Crippen LogP contribution in [0.1, 0.15) is 63.6 Å². The smallest absolute Gasteiger partial charge is 0.317 e. The predicted molar refractivity (Wildman–Crippen MR) is 90.4 cm³/mol. The van der Waals surface area contributed by atoms with Gasteiger partial charge in [-0.3, -0.25) is 0 Å². The first-order valence-electron chi connectivity index (χ1n) is 9.24. The molecule has 1 atom stereocenters. The van der Waals surface area contributed by atoms with Crippen LogP contribution in [-0.2, 0) is 6.61 Å². The maximum absolute atomic E-state index is 12.5. The summed E-state index contributed by atoms with van der Waals surface area (Å²) in [5.41, 5.74) is 0.594. The van der Waals surface area contributed by atoms with E-state index in [0.29, 0.717) is 11.6 Å². The first-order valence-corrected chi connectivity index (χ1v) is 9.24. The van der Waals surface area contributed by atoms with E-state index in [1.54, 1.807) is 6.20 Å². The zero-order valence-corrected chi connectivity index (χ0v) is 14.5. The molecule has 3 rings (SSSR count). The third-order valence-electron chi connectivity index (χ3n) is 5.55. The van der Waals surface area contributed by atoms with Gasteiger partial charge in [0.2, 0.25) is 0 Å². The molecule has 0 spiro atoms. The van der Waals surface area contributed by atoms with Crippen molar-refractivity contribution < 1.29 is 9.90 Å². The SMILES string of the molecule is C[C@H](NC(=O)N1CCC(n2cc(CO)nn2)CC1)C1CCCCC1. The van der Waals surface area contributed by atoms with Crippen LogP contribution in [0.5, 0.6) is 0 Å². The van der Waals surface area contributed by atoms with E-state index in [0.717, 1.165) is 25.9 Å². The van der Waals surface area contributed by atoms with Gasteiger partial charge < -0.3 is 15.3 Å². The molecule has 0 radical (unpaired) electrons. The normalized spacial score (nSPS) is 21.7. The molecule has 24 heavy (non-hydrogen) atoms. The second kappa shape index (κ2) is 7.96. The molecule has 2 amide bonds. The van der Waals surface area contributed by atoms with Gasteiger partial charge in [-0.15, -0.1) is 5.10 Å². The van der Waals surface area contributed by atoms with Crippen LogP contribution in [-0.4, -0.2) is 50.2 Å². The zero-order valence-electron chi connectivity index (χ0n) is 14.5. The summed E-state index contributed by atoms with van der Waals surface area (Å²) in [6, 6.07) is 0.594. The van der Waals surface area contributed by atoms with Gasteiger partial charge >= 0.3 is 6.03 Å². The molecule has 0 unspecified atom stereocenters. The lowest BCUT2D eigenvalue weighted by Crippen LogP contribution is -2.49. The molecule has 2 heterocycles. The standard InChI is InChI=1S/C17H29N5O2/c1-13(14-5-3-2-4-6-14)18-17(24)21-9-7-16(8-10-21)22-11-15(12-23)19-20-22/h11,13-14,16,23H,2-10,12H2,1H3,(H,18,24)/t13-/m0/s1. The van der Waals surface area contributed by atoms with E-state index in [9.17, 15) is 4.79 Å². The van der Waals surface area contributed by atoms with E-state index in [2.05, 4.69) is 22.6 Å². The van der Waals surface area contributed by atoms with Crippen molar-refractivity contribution >= 4 is 6.03 Å². The molecule has 1 aromatic rings. The Morgan fingerprint density at radius 3 is 2.62 bits per heavy atom. The summed E-state index contributed by atoms with van der Waals surface area (Å²) in [5.74, 6) is 0.632. The van der Waals surface area contributed by atoms with Crippen molar-refractivity contribution in [1.29, 1.82) is 0 Å². The lowest BCUT2D eigenvalue weighted by molar-refractivity contribution is 0.159.